The van der Waals surface area contributed by atoms with Gasteiger partial charge in [0.25, 0.3) is 0 Å². The molecule has 2 atom stereocenters. The molecule has 68 valence electrons. The second-order valence-corrected chi connectivity index (χ2v) is 2.42. The molecular formula is C8H14N2O2. The van der Waals surface area contributed by atoms with E-state index in [0.717, 1.165) is 0 Å². The van der Waals surface area contributed by atoms with E-state index >= 15 is 0 Å². The fraction of sp³-hybridized carbons (Fsp3) is 0.750. The molecule has 4 nitrogen and oxygen atoms in total. The van der Waals surface area contributed by atoms with Crippen molar-refractivity contribution >= 4 is 5.97 Å². The maximum Gasteiger partial charge on any atom is 0.324 e. The zero-order valence-corrected chi connectivity index (χ0v) is 7.41. The summed E-state index contributed by atoms with van der Waals surface area (Å²) >= 11 is 0. The summed E-state index contributed by atoms with van der Waals surface area (Å²) in [6.07, 6.45) is 0.566. The van der Waals surface area contributed by atoms with Crippen molar-refractivity contribution in [1.82, 2.24) is 0 Å². The zero-order valence-electron chi connectivity index (χ0n) is 7.41. The molecule has 0 saturated heterocycles. The minimum absolute atomic E-state index is 0.300. The van der Waals surface area contributed by atoms with Crippen LogP contribution in [0.15, 0.2) is 0 Å². The molecule has 0 aromatic heterocycles. The number of carbonyl (C=O) groups is 1. The van der Waals surface area contributed by atoms with Crippen LogP contribution in [0.1, 0.15) is 20.3 Å². The van der Waals surface area contributed by atoms with Crippen molar-refractivity contribution in [1.29, 1.82) is 5.26 Å². The van der Waals surface area contributed by atoms with E-state index in [-0.39, 0.29) is 0 Å². The van der Waals surface area contributed by atoms with Crippen LogP contribution in [0, 0.1) is 17.2 Å². The Morgan fingerprint density at radius 2 is 2.25 bits per heavy atom. The standard InChI is InChI=1S/C8H14N2O2/c1-3-6(5-9)7(10)8(11)12-4-2/h6-7H,3-4,10H2,1-2H3. The third-order valence-electron chi connectivity index (χ3n) is 1.60. The zero-order chi connectivity index (χ0) is 9.56. The first-order valence-corrected chi connectivity index (χ1v) is 3.99. The van der Waals surface area contributed by atoms with Gasteiger partial charge in [-0.05, 0) is 13.3 Å². The number of nitrogens with zero attached hydrogens (tertiary/aromatic N) is 1. The Balaban J connectivity index is 4.08. The summed E-state index contributed by atoms with van der Waals surface area (Å²) in [5.41, 5.74) is 5.47. The Bertz CT molecular complexity index is 186. The average Bonchev–Trinajstić information content (AvgIpc) is 2.07. The van der Waals surface area contributed by atoms with E-state index in [1.807, 2.05) is 13.0 Å². The van der Waals surface area contributed by atoms with Gasteiger partial charge in [0, 0.05) is 0 Å². The van der Waals surface area contributed by atoms with E-state index in [2.05, 4.69) is 4.74 Å². The van der Waals surface area contributed by atoms with Crippen LogP contribution in [0.2, 0.25) is 0 Å². The van der Waals surface area contributed by atoms with Crippen LogP contribution in [0.25, 0.3) is 0 Å². The summed E-state index contributed by atoms with van der Waals surface area (Å²) in [6.45, 7) is 3.82. The van der Waals surface area contributed by atoms with Gasteiger partial charge in [-0.3, -0.25) is 4.79 Å². The monoisotopic (exact) mass is 170 g/mol. The number of esters is 1. The number of rotatable bonds is 4. The molecule has 0 rings (SSSR count). The molecule has 12 heavy (non-hydrogen) atoms. The van der Waals surface area contributed by atoms with E-state index < -0.39 is 17.9 Å². The lowest BCUT2D eigenvalue weighted by Crippen LogP contribution is -2.38. The molecule has 2 N–H and O–H groups in total. The largest absolute Gasteiger partial charge is 0.465 e. The van der Waals surface area contributed by atoms with Crippen LogP contribution in [-0.4, -0.2) is 18.6 Å². The molecular weight excluding hydrogens is 156 g/mol. The van der Waals surface area contributed by atoms with Gasteiger partial charge in [0.2, 0.25) is 0 Å². The van der Waals surface area contributed by atoms with Crippen LogP contribution in [0.3, 0.4) is 0 Å². The number of hydrogen-bond donors (Lipinski definition) is 1. The number of ether oxygens (including phenoxy) is 1. The minimum Gasteiger partial charge on any atom is -0.465 e. The van der Waals surface area contributed by atoms with Crippen molar-refractivity contribution < 1.29 is 9.53 Å². The van der Waals surface area contributed by atoms with E-state index in [1.54, 1.807) is 6.92 Å². The predicted octanol–water partition coefficient (Wildman–Crippen LogP) is 0.427. The Hall–Kier alpha value is -1.08. The fourth-order valence-corrected chi connectivity index (χ4v) is 0.828. The summed E-state index contributed by atoms with van der Waals surface area (Å²) < 4.78 is 4.67. The predicted molar refractivity (Wildman–Crippen MR) is 44.0 cm³/mol. The number of carbonyl (C=O) groups excluding carboxylic acids is 1. The van der Waals surface area contributed by atoms with Crippen molar-refractivity contribution in [2.24, 2.45) is 11.7 Å². The molecule has 4 heteroatoms. The Morgan fingerprint density at radius 3 is 2.58 bits per heavy atom. The van der Waals surface area contributed by atoms with Crippen LogP contribution >= 0.6 is 0 Å². The number of hydrogen-bond acceptors (Lipinski definition) is 4. The minimum atomic E-state index is -0.806. The highest BCUT2D eigenvalue weighted by Crippen LogP contribution is 2.06. The molecule has 0 saturated carbocycles. The Kier molecular flexibility index (Phi) is 5.06. The first-order valence-electron chi connectivity index (χ1n) is 3.99. The van der Waals surface area contributed by atoms with E-state index in [0.29, 0.717) is 13.0 Å². The summed E-state index contributed by atoms with van der Waals surface area (Å²) in [7, 11) is 0. The SMILES string of the molecule is CCOC(=O)C(N)C(C#N)CC. The molecule has 0 aliphatic rings. The number of nitriles is 1. The Labute approximate surface area is 72.3 Å². The summed E-state index contributed by atoms with van der Waals surface area (Å²) in [5, 5.41) is 8.58. The van der Waals surface area contributed by atoms with Gasteiger partial charge in [-0.25, -0.2) is 0 Å². The molecule has 0 aliphatic carbocycles. The molecule has 0 bridgehead atoms. The van der Waals surface area contributed by atoms with Gasteiger partial charge in [-0.1, -0.05) is 6.92 Å². The molecule has 0 aromatic carbocycles. The summed E-state index contributed by atoms with van der Waals surface area (Å²) in [5.74, 6) is -0.935. The van der Waals surface area contributed by atoms with Crippen LogP contribution in [0.5, 0.6) is 0 Å². The second kappa shape index (κ2) is 5.56. The van der Waals surface area contributed by atoms with Gasteiger partial charge in [0.05, 0.1) is 18.6 Å². The molecule has 0 heterocycles. The molecule has 2 unspecified atom stereocenters. The van der Waals surface area contributed by atoms with Gasteiger partial charge in [-0.2, -0.15) is 5.26 Å². The normalized spacial score (nSPS) is 14.5. The molecule has 0 spiro atoms. The van der Waals surface area contributed by atoms with Crippen molar-refractivity contribution in [3.8, 4) is 6.07 Å². The highest BCUT2D eigenvalue weighted by atomic mass is 16.5. The first kappa shape index (κ1) is 10.9. The number of nitrogens with two attached hydrogens (primary N) is 1. The first-order chi connectivity index (χ1) is 5.67. The molecule has 0 fully saturated rings. The van der Waals surface area contributed by atoms with E-state index in [1.165, 1.54) is 0 Å². The lowest BCUT2D eigenvalue weighted by molar-refractivity contribution is -0.145. The van der Waals surface area contributed by atoms with Crippen molar-refractivity contribution in [2.45, 2.75) is 26.3 Å². The lowest BCUT2D eigenvalue weighted by atomic mass is 10.00. The average molecular weight is 170 g/mol. The van der Waals surface area contributed by atoms with Crippen LogP contribution in [-0.2, 0) is 9.53 Å². The maximum absolute atomic E-state index is 11.0. The van der Waals surface area contributed by atoms with E-state index in [9.17, 15) is 4.79 Å². The maximum atomic E-state index is 11.0. The van der Waals surface area contributed by atoms with Gasteiger partial charge in [-0.15, -0.1) is 0 Å². The van der Waals surface area contributed by atoms with Crippen molar-refractivity contribution in [3.05, 3.63) is 0 Å². The van der Waals surface area contributed by atoms with Crippen LogP contribution < -0.4 is 5.73 Å². The van der Waals surface area contributed by atoms with Gasteiger partial charge < -0.3 is 10.5 Å². The fourth-order valence-electron chi connectivity index (χ4n) is 0.828. The highest BCUT2D eigenvalue weighted by molar-refractivity contribution is 5.76. The Morgan fingerprint density at radius 1 is 1.67 bits per heavy atom. The van der Waals surface area contributed by atoms with E-state index in [4.69, 9.17) is 11.0 Å². The molecule has 0 amide bonds. The highest BCUT2D eigenvalue weighted by Gasteiger charge is 2.23. The van der Waals surface area contributed by atoms with Crippen molar-refractivity contribution in [2.75, 3.05) is 6.61 Å². The van der Waals surface area contributed by atoms with Crippen molar-refractivity contribution in [3.63, 3.8) is 0 Å². The topological polar surface area (TPSA) is 76.1 Å². The quantitative estimate of drug-likeness (QED) is 0.620. The molecule has 0 aromatic rings. The van der Waals surface area contributed by atoms with Gasteiger partial charge in [0.15, 0.2) is 0 Å². The third-order valence-corrected chi connectivity index (χ3v) is 1.60. The smallest absolute Gasteiger partial charge is 0.324 e. The third kappa shape index (κ3) is 2.89. The summed E-state index contributed by atoms with van der Waals surface area (Å²) in [4.78, 5) is 11.0. The van der Waals surface area contributed by atoms with Gasteiger partial charge in [0.1, 0.15) is 6.04 Å². The summed E-state index contributed by atoms with van der Waals surface area (Å²) in [6, 6.07) is 1.16. The lowest BCUT2D eigenvalue weighted by Gasteiger charge is -2.13. The molecule has 0 radical (unpaired) electrons. The van der Waals surface area contributed by atoms with Crippen LogP contribution in [0.4, 0.5) is 0 Å². The second-order valence-electron chi connectivity index (χ2n) is 2.42. The molecule has 0 aliphatic heterocycles. The van der Waals surface area contributed by atoms with Gasteiger partial charge >= 0.3 is 5.97 Å².